The number of hydrogen-bond acceptors (Lipinski definition) is 5. The largest absolute Gasteiger partial charge is 0.478 e. The first kappa shape index (κ1) is 15.6. The van der Waals surface area contributed by atoms with Crippen LogP contribution in [0.2, 0.25) is 0 Å². The van der Waals surface area contributed by atoms with Gasteiger partial charge in [-0.1, -0.05) is 0 Å². The van der Waals surface area contributed by atoms with E-state index in [0.29, 0.717) is 0 Å². The Kier molecular flexibility index (Phi) is 4.40. The molecule has 8 heteroatoms. The topological polar surface area (TPSA) is 87.6 Å². The van der Waals surface area contributed by atoms with E-state index >= 15 is 0 Å². The number of rotatable bonds is 5. The van der Waals surface area contributed by atoms with E-state index in [1.807, 2.05) is 18.4 Å². The fourth-order valence-corrected chi connectivity index (χ4v) is 3.76. The number of carboxylic acid groups (broad SMARTS) is 1. The molecule has 112 valence electrons. The van der Waals surface area contributed by atoms with Crippen molar-refractivity contribution in [2.75, 3.05) is 7.05 Å². The third kappa shape index (κ3) is 3.29. The summed E-state index contributed by atoms with van der Waals surface area (Å²) in [5.41, 5.74) is 0.988. The Balaban J connectivity index is 2.24. The van der Waals surface area contributed by atoms with E-state index in [-0.39, 0.29) is 17.1 Å². The minimum atomic E-state index is -3.74. The lowest BCUT2D eigenvalue weighted by atomic mass is 10.3. The van der Waals surface area contributed by atoms with Gasteiger partial charge < -0.3 is 5.11 Å². The van der Waals surface area contributed by atoms with Gasteiger partial charge in [-0.05, 0) is 36.1 Å². The summed E-state index contributed by atoms with van der Waals surface area (Å²) < 4.78 is 25.9. The number of sulfonamides is 1. The Morgan fingerprint density at radius 1 is 1.38 bits per heavy atom. The van der Waals surface area contributed by atoms with Crippen LogP contribution in [0.3, 0.4) is 0 Å². The molecule has 0 saturated heterocycles. The molecule has 0 atom stereocenters. The number of hydrogen-bond donors (Lipinski definition) is 1. The van der Waals surface area contributed by atoms with Crippen LogP contribution in [0.5, 0.6) is 0 Å². The summed E-state index contributed by atoms with van der Waals surface area (Å²) in [5, 5.41) is 10.5. The quantitative estimate of drug-likeness (QED) is 0.907. The minimum absolute atomic E-state index is 0.0503. The average molecular weight is 326 g/mol. The molecule has 0 fully saturated rings. The van der Waals surface area contributed by atoms with Gasteiger partial charge in [0.1, 0.15) is 0 Å². The van der Waals surface area contributed by atoms with Crippen LogP contribution >= 0.6 is 11.3 Å². The first-order valence-electron chi connectivity index (χ1n) is 6.01. The Morgan fingerprint density at radius 3 is 2.57 bits per heavy atom. The predicted octanol–water partition coefficient (Wildman–Crippen LogP) is 1.97. The van der Waals surface area contributed by atoms with Crippen LogP contribution in [0, 0.1) is 6.92 Å². The molecule has 0 saturated carbocycles. The Hall–Kier alpha value is -1.77. The predicted molar refractivity (Wildman–Crippen MR) is 78.9 cm³/mol. The fourth-order valence-electron chi connectivity index (χ4n) is 1.67. The molecule has 0 aliphatic rings. The molecule has 1 N–H and O–H groups in total. The number of pyridine rings is 1. The third-order valence-corrected chi connectivity index (χ3v) is 5.72. The molecular formula is C13H14N2O4S2. The molecule has 2 heterocycles. The second-order valence-corrected chi connectivity index (χ2v) is 7.47. The van der Waals surface area contributed by atoms with E-state index in [0.717, 1.165) is 16.6 Å². The van der Waals surface area contributed by atoms with E-state index in [4.69, 9.17) is 5.11 Å². The van der Waals surface area contributed by atoms with Gasteiger partial charge in [0, 0.05) is 24.7 Å². The summed E-state index contributed by atoms with van der Waals surface area (Å²) in [6, 6.07) is 4.36. The molecule has 0 unspecified atom stereocenters. The lowest BCUT2D eigenvalue weighted by molar-refractivity contribution is 0.0696. The van der Waals surface area contributed by atoms with E-state index in [1.165, 1.54) is 34.8 Å². The maximum atomic E-state index is 12.4. The van der Waals surface area contributed by atoms with Crippen LogP contribution in [0.25, 0.3) is 0 Å². The highest BCUT2D eigenvalue weighted by molar-refractivity contribution is 7.89. The Morgan fingerprint density at radius 2 is 2.10 bits per heavy atom. The van der Waals surface area contributed by atoms with Gasteiger partial charge in [0.15, 0.2) is 5.03 Å². The van der Waals surface area contributed by atoms with Gasteiger partial charge >= 0.3 is 5.97 Å². The molecule has 2 rings (SSSR count). The molecule has 2 aromatic heterocycles. The monoisotopic (exact) mass is 326 g/mol. The standard InChI is InChI=1S/C13H14N2O4S2/c1-9-5-6-20-11(9)8-15(2)21(18,19)12-4-3-10(7-14-12)13(16)17/h3-7H,8H2,1-2H3,(H,16,17). The van der Waals surface area contributed by atoms with Gasteiger partial charge in [-0.2, -0.15) is 4.31 Å². The summed E-state index contributed by atoms with van der Waals surface area (Å²) in [6.45, 7) is 2.18. The SMILES string of the molecule is Cc1ccsc1CN(C)S(=O)(=O)c1ccc(C(=O)O)cn1. The van der Waals surface area contributed by atoms with Crippen molar-refractivity contribution in [1.29, 1.82) is 0 Å². The van der Waals surface area contributed by atoms with Crippen molar-refractivity contribution in [2.45, 2.75) is 18.5 Å². The highest BCUT2D eigenvalue weighted by Crippen LogP contribution is 2.21. The van der Waals surface area contributed by atoms with Crippen LogP contribution in [-0.4, -0.2) is 35.8 Å². The smallest absolute Gasteiger partial charge is 0.337 e. The van der Waals surface area contributed by atoms with E-state index in [2.05, 4.69) is 4.98 Å². The number of carboxylic acids is 1. The first-order chi connectivity index (χ1) is 9.82. The molecule has 6 nitrogen and oxygen atoms in total. The van der Waals surface area contributed by atoms with Crippen LogP contribution < -0.4 is 0 Å². The lowest BCUT2D eigenvalue weighted by Gasteiger charge is -2.16. The number of nitrogens with zero attached hydrogens (tertiary/aromatic N) is 2. The first-order valence-corrected chi connectivity index (χ1v) is 8.33. The second-order valence-electron chi connectivity index (χ2n) is 4.48. The summed E-state index contributed by atoms with van der Waals surface area (Å²) in [5.74, 6) is -1.14. The van der Waals surface area contributed by atoms with Crippen molar-refractivity contribution in [3.63, 3.8) is 0 Å². The molecule has 0 amide bonds. The fraction of sp³-hybridized carbons (Fsp3) is 0.231. The third-order valence-electron chi connectivity index (χ3n) is 2.99. The van der Waals surface area contributed by atoms with Crippen molar-refractivity contribution in [2.24, 2.45) is 0 Å². The molecule has 21 heavy (non-hydrogen) atoms. The van der Waals surface area contributed by atoms with Gasteiger partial charge in [0.25, 0.3) is 10.0 Å². The van der Waals surface area contributed by atoms with E-state index in [1.54, 1.807) is 0 Å². The van der Waals surface area contributed by atoms with Crippen LogP contribution in [0.15, 0.2) is 34.8 Å². The van der Waals surface area contributed by atoms with Crippen molar-refractivity contribution in [1.82, 2.24) is 9.29 Å². The molecule has 0 aromatic carbocycles. The molecule has 0 bridgehead atoms. The lowest BCUT2D eigenvalue weighted by Crippen LogP contribution is -2.27. The highest BCUT2D eigenvalue weighted by atomic mass is 32.2. The maximum Gasteiger partial charge on any atom is 0.337 e. The van der Waals surface area contributed by atoms with Crippen molar-refractivity contribution in [3.05, 3.63) is 45.8 Å². The molecular weight excluding hydrogens is 312 g/mol. The Bertz CT molecular complexity index is 751. The zero-order valence-corrected chi connectivity index (χ0v) is 13.1. The second kappa shape index (κ2) is 5.92. The number of thiophene rings is 1. The molecule has 0 aliphatic carbocycles. The molecule has 0 radical (unpaired) electrons. The van der Waals surface area contributed by atoms with Crippen molar-refractivity contribution < 1.29 is 18.3 Å². The average Bonchev–Trinajstić information content (AvgIpc) is 2.84. The van der Waals surface area contributed by atoms with Crippen molar-refractivity contribution in [3.8, 4) is 0 Å². The zero-order chi connectivity index (χ0) is 15.6. The van der Waals surface area contributed by atoms with Gasteiger partial charge in [-0.25, -0.2) is 18.2 Å². The summed E-state index contributed by atoms with van der Waals surface area (Å²) in [4.78, 5) is 15.4. The van der Waals surface area contributed by atoms with E-state index < -0.39 is 16.0 Å². The normalized spacial score (nSPS) is 11.8. The minimum Gasteiger partial charge on any atom is -0.478 e. The molecule has 0 aliphatic heterocycles. The number of carbonyl (C=O) groups is 1. The van der Waals surface area contributed by atoms with Gasteiger partial charge in [-0.3, -0.25) is 0 Å². The van der Waals surface area contributed by atoms with Gasteiger partial charge in [-0.15, -0.1) is 11.3 Å². The van der Waals surface area contributed by atoms with Crippen LogP contribution in [-0.2, 0) is 16.6 Å². The summed E-state index contributed by atoms with van der Waals surface area (Å²) in [7, 11) is -2.26. The van der Waals surface area contributed by atoms with Gasteiger partial charge in [0.2, 0.25) is 0 Å². The highest BCUT2D eigenvalue weighted by Gasteiger charge is 2.23. The van der Waals surface area contributed by atoms with Crippen molar-refractivity contribution >= 4 is 27.3 Å². The van der Waals surface area contributed by atoms with E-state index in [9.17, 15) is 13.2 Å². The molecule has 0 spiro atoms. The van der Waals surface area contributed by atoms with Gasteiger partial charge in [0.05, 0.1) is 5.56 Å². The maximum absolute atomic E-state index is 12.4. The number of aryl methyl sites for hydroxylation is 1. The summed E-state index contributed by atoms with van der Waals surface area (Å²) in [6.07, 6.45) is 1.04. The Labute approximate surface area is 126 Å². The zero-order valence-electron chi connectivity index (χ0n) is 11.5. The van der Waals surface area contributed by atoms with Crippen LogP contribution in [0.4, 0.5) is 0 Å². The number of aromatic nitrogens is 1. The summed E-state index contributed by atoms with van der Waals surface area (Å²) >= 11 is 1.49. The molecule has 2 aromatic rings. The number of aromatic carboxylic acids is 1. The van der Waals surface area contributed by atoms with Crippen LogP contribution in [0.1, 0.15) is 20.8 Å².